The molecule has 108 valence electrons. The van der Waals surface area contributed by atoms with Crippen LogP contribution in [0.25, 0.3) is 10.9 Å². The largest absolute Gasteiger partial charge is 0.330 e. The first-order valence-electron chi connectivity index (χ1n) is 6.84. The van der Waals surface area contributed by atoms with E-state index in [0.29, 0.717) is 6.54 Å². The van der Waals surface area contributed by atoms with E-state index in [1.165, 1.54) is 5.56 Å². The summed E-state index contributed by atoms with van der Waals surface area (Å²) >= 11 is 6.22. The first kappa shape index (κ1) is 15.2. The predicted octanol–water partition coefficient (Wildman–Crippen LogP) is 3.30. The minimum atomic E-state index is 0.115. The topological polar surface area (TPSA) is 42.2 Å². The van der Waals surface area contributed by atoms with Gasteiger partial charge in [0.05, 0.1) is 5.52 Å². The third-order valence-corrected chi connectivity index (χ3v) is 3.82. The lowest BCUT2D eigenvalue weighted by atomic mass is 9.93. The Kier molecular flexibility index (Phi) is 4.63. The molecule has 0 radical (unpaired) electrons. The standard InChI is InChI=1S/C16H22ClN3/c1-16(2,10-18)11-20(3)9-12-6-7-14(17)13-5-4-8-19-15(12)13/h4-8H,9-11,18H2,1-3H3. The highest BCUT2D eigenvalue weighted by molar-refractivity contribution is 6.35. The molecule has 0 spiro atoms. The Labute approximate surface area is 125 Å². The van der Waals surface area contributed by atoms with Crippen LogP contribution in [0.15, 0.2) is 30.5 Å². The van der Waals surface area contributed by atoms with Crippen molar-refractivity contribution in [2.75, 3.05) is 20.1 Å². The Morgan fingerprint density at radius 2 is 2.05 bits per heavy atom. The van der Waals surface area contributed by atoms with Crippen LogP contribution in [0.3, 0.4) is 0 Å². The molecule has 0 aliphatic rings. The van der Waals surface area contributed by atoms with Gasteiger partial charge in [-0.25, -0.2) is 0 Å². The molecule has 0 amide bonds. The molecule has 1 aromatic heterocycles. The third-order valence-electron chi connectivity index (χ3n) is 3.49. The Hall–Kier alpha value is -1.16. The zero-order chi connectivity index (χ0) is 14.8. The summed E-state index contributed by atoms with van der Waals surface area (Å²) in [5.74, 6) is 0. The summed E-state index contributed by atoms with van der Waals surface area (Å²) in [5.41, 5.74) is 8.10. The van der Waals surface area contributed by atoms with E-state index < -0.39 is 0 Å². The molecule has 2 rings (SSSR count). The number of nitrogens with two attached hydrogens (primary N) is 1. The molecule has 0 unspecified atom stereocenters. The fourth-order valence-corrected chi connectivity index (χ4v) is 2.68. The van der Waals surface area contributed by atoms with Crippen LogP contribution in [-0.2, 0) is 6.54 Å². The Balaban J connectivity index is 2.24. The molecule has 0 aliphatic carbocycles. The maximum absolute atomic E-state index is 6.22. The molecule has 1 aromatic carbocycles. The minimum Gasteiger partial charge on any atom is -0.330 e. The number of pyridine rings is 1. The Morgan fingerprint density at radius 1 is 1.30 bits per heavy atom. The predicted molar refractivity (Wildman–Crippen MR) is 85.9 cm³/mol. The molecular weight excluding hydrogens is 270 g/mol. The zero-order valence-corrected chi connectivity index (χ0v) is 13.1. The molecule has 0 bridgehead atoms. The van der Waals surface area contributed by atoms with Crippen LogP contribution in [0.2, 0.25) is 5.02 Å². The van der Waals surface area contributed by atoms with Crippen molar-refractivity contribution in [3.05, 3.63) is 41.0 Å². The van der Waals surface area contributed by atoms with Gasteiger partial charge in [-0.05, 0) is 42.8 Å². The number of aromatic nitrogens is 1. The van der Waals surface area contributed by atoms with Crippen molar-refractivity contribution in [3.63, 3.8) is 0 Å². The summed E-state index contributed by atoms with van der Waals surface area (Å²) < 4.78 is 0. The van der Waals surface area contributed by atoms with Crippen molar-refractivity contribution in [3.8, 4) is 0 Å². The van der Waals surface area contributed by atoms with Gasteiger partial charge >= 0.3 is 0 Å². The third kappa shape index (κ3) is 3.48. The van der Waals surface area contributed by atoms with Gasteiger partial charge in [-0.1, -0.05) is 31.5 Å². The molecule has 1 heterocycles. The van der Waals surface area contributed by atoms with E-state index in [1.807, 2.05) is 24.4 Å². The van der Waals surface area contributed by atoms with Gasteiger partial charge in [-0.15, -0.1) is 0 Å². The second-order valence-corrected chi connectivity index (χ2v) is 6.55. The lowest BCUT2D eigenvalue weighted by molar-refractivity contribution is 0.210. The summed E-state index contributed by atoms with van der Waals surface area (Å²) in [4.78, 5) is 6.76. The average Bonchev–Trinajstić information content (AvgIpc) is 2.42. The van der Waals surface area contributed by atoms with Gasteiger partial charge in [0.2, 0.25) is 0 Å². The maximum atomic E-state index is 6.22. The molecule has 4 heteroatoms. The van der Waals surface area contributed by atoms with Crippen LogP contribution in [0.5, 0.6) is 0 Å². The first-order valence-corrected chi connectivity index (χ1v) is 7.21. The monoisotopic (exact) mass is 291 g/mol. The number of benzene rings is 1. The molecule has 2 aromatic rings. The number of hydrogen-bond donors (Lipinski definition) is 1. The molecule has 0 saturated carbocycles. The summed E-state index contributed by atoms with van der Waals surface area (Å²) in [5, 5.41) is 1.76. The highest BCUT2D eigenvalue weighted by Crippen LogP contribution is 2.26. The second-order valence-electron chi connectivity index (χ2n) is 6.15. The summed E-state index contributed by atoms with van der Waals surface area (Å²) in [6.45, 7) is 6.83. The molecule has 0 aliphatic heterocycles. The fourth-order valence-electron chi connectivity index (χ4n) is 2.47. The van der Waals surface area contributed by atoms with E-state index in [-0.39, 0.29) is 5.41 Å². The molecule has 0 fully saturated rings. The summed E-state index contributed by atoms with van der Waals surface area (Å²) in [7, 11) is 2.11. The maximum Gasteiger partial charge on any atom is 0.0761 e. The van der Waals surface area contributed by atoms with Crippen LogP contribution in [0.4, 0.5) is 0 Å². The van der Waals surface area contributed by atoms with Gasteiger partial charge in [-0.3, -0.25) is 4.98 Å². The van der Waals surface area contributed by atoms with Crippen molar-refractivity contribution < 1.29 is 0 Å². The van der Waals surface area contributed by atoms with E-state index in [0.717, 1.165) is 29.0 Å². The van der Waals surface area contributed by atoms with Gasteiger partial charge in [0, 0.05) is 29.7 Å². The van der Waals surface area contributed by atoms with Crippen molar-refractivity contribution in [2.45, 2.75) is 20.4 Å². The number of hydrogen-bond acceptors (Lipinski definition) is 3. The first-order chi connectivity index (χ1) is 9.43. The highest BCUT2D eigenvalue weighted by atomic mass is 35.5. The average molecular weight is 292 g/mol. The smallest absolute Gasteiger partial charge is 0.0761 e. The van der Waals surface area contributed by atoms with Crippen LogP contribution in [0.1, 0.15) is 19.4 Å². The zero-order valence-electron chi connectivity index (χ0n) is 12.4. The van der Waals surface area contributed by atoms with E-state index in [4.69, 9.17) is 17.3 Å². The van der Waals surface area contributed by atoms with Crippen LogP contribution >= 0.6 is 11.6 Å². The van der Waals surface area contributed by atoms with E-state index in [1.54, 1.807) is 0 Å². The van der Waals surface area contributed by atoms with Crippen molar-refractivity contribution >= 4 is 22.5 Å². The molecular formula is C16H22ClN3. The van der Waals surface area contributed by atoms with Crippen LogP contribution < -0.4 is 5.73 Å². The van der Waals surface area contributed by atoms with Gasteiger partial charge in [-0.2, -0.15) is 0 Å². The minimum absolute atomic E-state index is 0.115. The molecule has 0 saturated heterocycles. The Morgan fingerprint density at radius 3 is 2.75 bits per heavy atom. The molecule has 2 N–H and O–H groups in total. The molecule has 3 nitrogen and oxygen atoms in total. The van der Waals surface area contributed by atoms with Gasteiger partial charge in [0.25, 0.3) is 0 Å². The molecule has 20 heavy (non-hydrogen) atoms. The normalized spacial score (nSPS) is 12.3. The second kappa shape index (κ2) is 6.08. The SMILES string of the molecule is CN(Cc1ccc(Cl)c2cccnc12)CC(C)(C)CN. The Bertz CT molecular complexity index is 595. The summed E-state index contributed by atoms with van der Waals surface area (Å²) in [6.07, 6.45) is 1.81. The van der Waals surface area contributed by atoms with E-state index >= 15 is 0 Å². The van der Waals surface area contributed by atoms with Gasteiger partial charge < -0.3 is 10.6 Å². The van der Waals surface area contributed by atoms with Crippen molar-refractivity contribution in [1.82, 2.24) is 9.88 Å². The number of rotatable bonds is 5. The van der Waals surface area contributed by atoms with Gasteiger partial charge in [0.15, 0.2) is 0 Å². The van der Waals surface area contributed by atoms with Gasteiger partial charge in [0.1, 0.15) is 0 Å². The van der Waals surface area contributed by atoms with Crippen LogP contribution in [0, 0.1) is 5.41 Å². The lowest BCUT2D eigenvalue weighted by Crippen LogP contribution is -2.36. The number of fused-ring (bicyclic) bond motifs is 1. The van der Waals surface area contributed by atoms with Crippen molar-refractivity contribution in [2.24, 2.45) is 11.1 Å². The van der Waals surface area contributed by atoms with E-state index in [9.17, 15) is 0 Å². The number of nitrogens with zero attached hydrogens (tertiary/aromatic N) is 2. The number of halogens is 1. The van der Waals surface area contributed by atoms with E-state index in [2.05, 4.69) is 36.8 Å². The van der Waals surface area contributed by atoms with Crippen molar-refractivity contribution in [1.29, 1.82) is 0 Å². The quantitative estimate of drug-likeness (QED) is 0.919. The summed E-state index contributed by atoms with van der Waals surface area (Å²) in [6, 6.07) is 7.93. The van der Waals surface area contributed by atoms with Crippen LogP contribution in [-0.4, -0.2) is 30.0 Å². The fraction of sp³-hybridized carbons (Fsp3) is 0.438. The molecule has 0 atom stereocenters. The lowest BCUT2D eigenvalue weighted by Gasteiger charge is -2.29. The highest BCUT2D eigenvalue weighted by Gasteiger charge is 2.18.